The monoisotopic (exact) mass is 321 g/mol. The molecule has 3 rings (SSSR count). The number of pyridine rings is 2. The van der Waals surface area contributed by atoms with E-state index in [0.717, 1.165) is 22.0 Å². The van der Waals surface area contributed by atoms with Crippen molar-refractivity contribution in [3.63, 3.8) is 0 Å². The van der Waals surface area contributed by atoms with Crippen molar-refractivity contribution in [3.05, 3.63) is 60.2 Å². The van der Waals surface area contributed by atoms with Crippen LogP contribution in [0.25, 0.3) is 17.0 Å². The van der Waals surface area contributed by atoms with Gasteiger partial charge in [-0.3, -0.25) is 9.78 Å². The lowest BCUT2D eigenvalue weighted by Crippen LogP contribution is -2.24. The Bertz CT molecular complexity index is 895. The average Bonchev–Trinajstić information content (AvgIpc) is 2.90. The van der Waals surface area contributed by atoms with Crippen molar-refractivity contribution in [2.24, 2.45) is 7.05 Å². The maximum atomic E-state index is 12.3. The number of rotatable bonds is 4. The minimum Gasteiger partial charge on any atom is -0.384 e. The summed E-state index contributed by atoms with van der Waals surface area (Å²) in [6, 6.07) is 5.49. The second-order valence-electron chi connectivity index (χ2n) is 5.70. The van der Waals surface area contributed by atoms with Gasteiger partial charge in [-0.05, 0) is 35.4 Å². The van der Waals surface area contributed by atoms with Crippen molar-refractivity contribution in [2.45, 2.75) is 6.54 Å². The number of fused-ring (bicyclic) bond motifs is 1. The van der Waals surface area contributed by atoms with Crippen molar-refractivity contribution in [1.82, 2.24) is 19.4 Å². The van der Waals surface area contributed by atoms with Crippen molar-refractivity contribution < 1.29 is 4.79 Å². The van der Waals surface area contributed by atoms with Gasteiger partial charge in [0.15, 0.2) is 0 Å². The molecule has 6 heteroatoms. The van der Waals surface area contributed by atoms with Crippen molar-refractivity contribution >= 4 is 28.7 Å². The predicted molar refractivity (Wildman–Crippen MR) is 94.9 cm³/mol. The van der Waals surface area contributed by atoms with Gasteiger partial charge in [0.1, 0.15) is 5.82 Å². The number of nitrogens with zero attached hydrogens (tertiary/aromatic N) is 4. The Balaban J connectivity index is 1.72. The third-order valence-corrected chi connectivity index (χ3v) is 3.88. The number of carbonyl (C=O) groups excluding carboxylic acids is 1. The summed E-state index contributed by atoms with van der Waals surface area (Å²) in [6.07, 6.45) is 10.5. The zero-order valence-corrected chi connectivity index (χ0v) is 13.7. The van der Waals surface area contributed by atoms with E-state index in [4.69, 9.17) is 5.73 Å². The molecule has 0 aliphatic heterocycles. The van der Waals surface area contributed by atoms with E-state index in [9.17, 15) is 4.79 Å². The van der Waals surface area contributed by atoms with Gasteiger partial charge < -0.3 is 15.2 Å². The number of aromatic nitrogens is 3. The number of nitrogens with two attached hydrogens (primary N) is 1. The van der Waals surface area contributed by atoms with E-state index in [1.54, 1.807) is 36.5 Å². The first-order valence-corrected chi connectivity index (χ1v) is 7.57. The maximum Gasteiger partial charge on any atom is 0.246 e. The number of aryl methyl sites for hydroxylation is 1. The number of hydrogen-bond donors (Lipinski definition) is 1. The molecule has 0 saturated heterocycles. The molecule has 0 bridgehead atoms. The highest BCUT2D eigenvalue weighted by molar-refractivity contribution is 5.92. The molecule has 3 aromatic rings. The molecule has 24 heavy (non-hydrogen) atoms. The zero-order valence-electron chi connectivity index (χ0n) is 13.7. The van der Waals surface area contributed by atoms with Crippen LogP contribution in [0.1, 0.15) is 11.1 Å². The highest BCUT2D eigenvalue weighted by Gasteiger charge is 2.11. The molecule has 0 aromatic carbocycles. The Morgan fingerprint density at radius 1 is 1.33 bits per heavy atom. The number of amides is 1. The van der Waals surface area contributed by atoms with Crippen LogP contribution in [-0.2, 0) is 18.4 Å². The summed E-state index contributed by atoms with van der Waals surface area (Å²) in [4.78, 5) is 22.1. The average molecular weight is 321 g/mol. The molecule has 0 aliphatic rings. The predicted octanol–water partition coefficient (Wildman–Crippen LogP) is 2.22. The Kier molecular flexibility index (Phi) is 4.29. The Labute approximate surface area is 140 Å². The fraction of sp³-hybridized carbons (Fsp3) is 0.167. The topological polar surface area (TPSA) is 77.0 Å². The normalized spacial score (nSPS) is 11.2. The first-order chi connectivity index (χ1) is 11.5. The fourth-order valence-corrected chi connectivity index (χ4v) is 2.58. The molecule has 0 fully saturated rings. The second-order valence-corrected chi connectivity index (χ2v) is 5.70. The van der Waals surface area contributed by atoms with E-state index in [1.165, 1.54) is 6.08 Å². The summed E-state index contributed by atoms with van der Waals surface area (Å²) in [6.45, 7) is 0.520. The minimum atomic E-state index is -0.0762. The van der Waals surface area contributed by atoms with Gasteiger partial charge in [0.2, 0.25) is 5.91 Å². The smallest absolute Gasteiger partial charge is 0.246 e. The van der Waals surface area contributed by atoms with Gasteiger partial charge in [0.05, 0.1) is 5.52 Å². The third-order valence-electron chi connectivity index (χ3n) is 3.88. The summed E-state index contributed by atoms with van der Waals surface area (Å²) < 4.78 is 2.04. The summed E-state index contributed by atoms with van der Waals surface area (Å²) in [7, 11) is 3.77. The summed E-state index contributed by atoms with van der Waals surface area (Å²) >= 11 is 0. The highest BCUT2D eigenvalue weighted by Crippen LogP contribution is 2.20. The van der Waals surface area contributed by atoms with Gasteiger partial charge >= 0.3 is 0 Å². The van der Waals surface area contributed by atoms with Crippen molar-refractivity contribution in [2.75, 3.05) is 12.8 Å². The highest BCUT2D eigenvalue weighted by atomic mass is 16.2. The van der Waals surface area contributed by atoms with E-state index in [1.807, 2.05) is 36.1 Å². The molecular weight excluding hydrogens is 302 g/mol. The third kappa shape index (κ3) is 3.27. The molecule has 0 atom stereocenters. The van der Waals surface area contributed by atoms with Gasteiger partial charge in [0, 0.05) is 56.9 Å². The molecule has 6 nitrogen and oxygen atoms in total. The second kappa shape index (κ2) is 6.54. The number of hydrogen-bond acceptors (Lipinski definition) is 4. The van der Waals surface area contributed by atoms with Crippen LogP contribution in [0, 0.1) is 0 Å². The van der Waals surface area contributed by atoms with Gasteiger partial charge in [-0.15, -0.1) is 0 Å². The van der Waals surface area contributed by atoms with Gasteiger partial charge in [-0.1, -0.05) is 0 Å². The molecule has 122 valence electrons. The number of carbonyl (C=O) groups is 1. The van der Waals surface area contributed by atoms with Crippen LogP contribution in [0.2, 0.25) is 0 Å². The summed E-state index contributed by atoms with van der Waals surface area (Å²) in [5.41, 5.74) is 8.55. The quantitative estimate of drug-likeness (QED) is 0.748. The Morgan fingerprint density at radius 2 is 2.17 bits per heavy atom. The standard InChI is InChI=1S/C18H19N5O/c1-22-11-14(15-10-20-8-7-16(15)22)12-23(2)18(24)6-4-13-3-5-17(19)21-9-13/h3-11H,12H2,1-2H3,(H2,19,21). The van der Waals surface area contributed by atoms with Crippen LogP contribution in [0.4, 0.5) is 5.82 Å². The molecule has 0 unspecified atom stereocenters. The molecule has 0 aliphatic carbocycles. The number of likely N-dealkylation sites (N-methyl/N-ethyl adjacent to an activating group) is 1. The fourth-order valence-electron chi connectivity index (χ4n) is 2.58. The molecule has 0 spiro atoms. The molecule has 1 amide bonds. The minimum absolute atomic E-state index is 0.0762. The molecular formula is C18H19N5O. The van der Waals surface area contributed by atoms with E-state index in [-0.39, 0.29) is 5.91 Å². The number of anilines is 1. The maximum absolute atomic E-state index is 12.3. The first-order valence-electron chi connectivity index (χ1n) is 7.57. The van der Waals surface area contributed by atoms with Gasteiger partial charge in [-0.25, -0.2) is 4.98 Å². The largest absolute Gasteiger partial charge is 0.384 e. The van der Waals surface area contributed by atoms with Crippen molar-refractivity contribution in [3.8, 4) is 0 Å². The van der Waals surface area contributed by atoms with Crippen LogP contribution in [0.5, 0.6) is 0 Å². The van der Waals surface area contributed by atoms with Crippen LogP contribution in [0.15, 0.2) is 49.1 Å². The molecule has 3 heterocycles. The van der Waals surface area contributed by atoms with Crippen LogP contribution >= 0.6 is 0 Å². The Hall–Kier alpha value is -3.15. The molecule has 0 saturated carbocycles. The SMILES string of the molecule is CN(Cc1cn(C)c2ccncc12)C(=O)C=Cc1ccc(N)nc1. The lowest BCUT2D eigenvalue weighted by Gasteiger charge is -2.14. The van der Waals surface area contributed by atoms with Crippen LogP contribution in [0.3, 0.4) is 0 Å². The van der Waals surface area contributed by atoms with Crippen LogP contribution < -0.4 is 5.73 Å². The zero-order chi connectivity index (χ0) is 17.1. The number of nitrogen functional groups attached to an aromatic ring is 1. The van der Waals surface area contributed by atoms with Crippen molar-refractivity contribution in [1.29, 1.82) is 0 Å². The van der Waals surface area contributed by atoms with E-state index in [2.05, 4.69) is 9.97 Å². The van der Waals surface area contributed by atoms with Gasteiger partial charge in [-0.2, -0.15) is 0 Å². The lowest BCUT2D eigenvalue weighted by molar-refractivity contribution is -0.125. The van der Waals surface area contributed by atoms with Gasteiger partial charge in [0.25, 0.3) is 0 Å². The van der Waals surface area contributed by atoms with Crippen LogP contribution in [-0.4, -0.2) is 32.4 Å². The molecule has 0 radical (unpaired) electrons. The van der Waals surface area contributed by atoms with E-state index >= 15 is 0 Å². The molecule has 3 aromatic heterocycles. The van der Waals surface area contributed by atoms with E-state index < -0.39 is 0 Å². The molecule has 2 N–H and O–H groups in total. The van der Waals surface area contributed by atoms with E-state index in [0.29, 0.717) is 12.4 Å². The Morgan fingerprint density at radius 3 is 2.92 bits per heavy atom. The summed E-state index contributed by atoms with van der Waals surface area (Å²) in [5.74, 6) is 0.382. The lowest BCUT2D eigenvalue weighted by atomic mass is 10.2. The summed E-state index contributed by atoms with van der Waals surface area (Å²) in [5, 5.41) is 1.06. The first kappa shape index (κ1) is 15.7.